The molecule has 0 radical (unpaired) electrons. The molecule has 0 aliphatic heterocycles. The van der Waals surface area contributed by atoms with Gasteiger partial charge in [0.05, 0.1) is 12.7 Å². The van der Waals surface area contributed by atoms with Gasteiger partial charge in [0.1, 0.15) is 0 Å². The fourth-order valence-electron chi connectivity index (χ4n) is 2.26. The first-order valence-electron chi connectivity index (χ1n) is 7.88. The van der Waals surface area contributed by atoms with E-state index >= 15 is 0 Å². The molecule has 0 saturated heterocycles. The van der Waals surface area contributed by atoms with Gasteiger partial charge in [0.15, 0.2) is 11.5 Å². The van der Waals surface area contributed by atoms with Crippen LogP contribution in [0.5, 0.6) is 11.5 Å². The summed E-state index contributed by atoms with van der Waals surface area (Å²) in [6, 6.07) is 7.01. The van der Waals surface area contributed by atoms with Crippen molar-refractivity contribution in [2.45, 2.75) is 65.1 Å². The zero-order chi connectivity index (χ0) is 14.4. The Morgan fingerprint density at radius 3 is 2.70 bits per heavy atom. The van der Waals surface area contributed by atoms with E-state index in [0.29, 0.717) is 6.61 Å². The standard InChI is InChI=1S/C17H27NO2/c1-4-6-13(3)20-16-10-7-14(11-17(16)19-5-2)12-18-15-8-9-15/h7,10-11,13,15,18H,4-6,8-9,12H2,1-3H3. The molecular weight excluding hydrogens is 250 g/mol. The van der Waals surface area contributed by atoms with E-state index in [0.717, 1.165) is 36.9 Å². The summed E-state index contributed by atoms with van der Waals surface area (Å²) in [5, 5.41) is 3.53. The Morgan fingerprint density at radius 2 is 2.05 bits per heavy atom. The summed E-state index contributed by atoms with van der Waals surface area (Å²) in [4.78, 5) is 0. The minimum Gasteiger partial charge on any atom is -0.490 e. The molecule has 2 rings (SSSR count). The summed E-state index contributed by atoms with van der Waals surface area (Å²) in [6.07, 6.45) is 5.06. The Hall–Kier alpha value is -1.22. The molecule has 3 nitrogen and oxygen atoms in total. The Kier molecular flexibility index (Phi) is 5.72. The quantitative estimate of drug-likeness (QED) is 0.742. The molecule has 1 unspecified atom stereocenters. The number of nitrogens with one attached hydrogen (secondary N) is 1. The molecule has 1 aromatic carbocycles. The monoisotopic (exact) mass is 277 g/mol. The van der Waals surface area contributed by atoms with Gasteiger partial charge in [-0.2, -0.15) is 0 Å². The number of ether oxygens (including phenoxy) is 2. The second-order valence-electron chi connectivity index (χ2n) is 5.59. The molecular formula is C17H27NO2. The fraction of sp³-hybridized carbons (Fsp3) is 0.647. The summed E-state index contributed by atoms with van der Waals surface area (Å²) < 4.78 is 11.7. The zero-order valence-electron chi connectivity index (χ0n) is 12.9. The number of hydrogen-bond acceptors (Lipinski definition) is 3. The Bertz CT molecular complexity index is 415. The van der Waals surface area contributed by atoms with Crippen molar-refractivity contribution in [3.63, 3.8) is 0 Å². The van der Waals surface area contributed by atoms with Gasteiger partial charge in [0.25, 0.3) is 0 Å². The van der Waals surface area contributed by atoms with Crippen molar-refractivity contribution >= 4 is 0 Å². The van der Waals surface area contributed by atoms with Crippen LogP contribution in [0.25, 0.3) is 0 Å². The molecule has 112 valence electrons. The predicted molar refractivity (Wildman–Crippen MR) is 82.5 cm³/mol. The largest absolute Gasteiger partial charge is 0.490 e. The third-order valence-corrected chi connectivity index (χ3v) is 3.50. The minimum absolute atomic E-state index is 0.231. The second-order valence-corrected chi connectivity index (χ2v) is 5.59. The third-order valence-electron chi connectivity index (χ3n) is 3.50. The zero-order valence-corrected chi connectivity index (χ0v) is 12.9. The van der Waals surface area contributed by atoms with Crippen LogP contribution in [0, 0.1) is 0 Å². The molecule has 1 atom stereocenters. The first kappa shape index (κ1) is 15.2. The lowest BCUT2D eigenvalue weighted by Gasteiger charge is -2.18. The van der Waals surface area contributed by atoms with E-state index in [4.69, 9.17) is 9.47 Å². The van der Waals surface area contributed by atoms with Crippen LogP contribution in [0.4, 0.5) is 0 Å². The van der Waals surface area contributed by atoms with Gasteiger partial charge in [-0.25, -0.2) is 0 Å². The van der Waals surface area contributed by atoms with Crippen molar-refractivity contribution in [2.75, 3.05) is 6.61 Å². The Labute approximate surface area is 122 Å². The van der Waals surface area contributed by atoms with E-state index in [-0.39, 0.29) is 6.10 Å². The van der Waals surface area contributed by atoms with E-state index in [1.807, 2.05) is 13.0 Å². The summed E-state index contributed by atoms with van der Waals surface area (Å²) in [7, 11) is 0. The van der Waals surface area contributed by atoms with E-state index in [2.05, 4.69) is 31.3 Å². The van der Waals surface area contributed by atoms with Gasteiger partial charge >= 0.3 is 0 Å². The molecule has 0 bridgehead atoms. The van der Waals surface area contributed by atoms with E-state index in [1.165, 1.54) is 18.4 Å². The highest BCUT2D eigenvalue weighted by molar-refractivity contribution is 5.43. The van der Waals surface area contributed by atoms with E-state index in [9.17, 15) is 0 Å². The number of rotatable bonds is 9. The third kappa shape index (κ3) is 4.71. The lowest BCUT2D eigenvalue weighted by Crippen LogP contribution is -2.16. The summed E-state index contributed by atoms with van der Waals surface area (Å²) in [5.41, 5.74) is 1.26. The summed E-state index contributed by atoms with van der Waals surface area (Å²) in [6.45, 7) is 7.87. The molecule has 1 N–H and O–H groups in total. The Morgan fingerprint density at radius 1 is 1.25 bits per heavy atom. The smallest absolute Gasteiger partial charge is 0.161 e. The van der Waals surface area contributed by atoms with Gasteiger partial charge in [0, 0.05) is 12.6 Å². The Balaban J connectivity index is 2.01. The average molecular weight is 277 g/mol. The molecule has 1 aliphatic rings. The van der Waals surface area contributed by atoms with Crippen LogP contribution in [-0.4, -0.2) is 18.8 Å². The molecule has 0 aromatic heterocycles. The van der Waals surface area contributed by atoms with E-state index in [1.54, 1.807) is 0 Å². The molecule has 1 fully saturated rings. The molecule has 1 saturated carbocycles. The minimum atomic E-state index is 0.231. The van der Waals surface area contributed by atoms with Crippen LogP contribution in [0.3, 0.4) is 0 Å². The lowest BCUT2D eigenvalue weighted by atomic mass is 10.2. The molecule has 0 amide bonds. The van der Waals surface area contributed by atoms with Crippen molar-refractivity contribution in [1.82, 2.24) is 5.32 Å². The lowest BCUT2D eigenvalue weighted by molar-refractivity contribution is 0.197. The topological polar surface area (TPSA) is 30.5 Å². The summed E-state index contributed by atoms with van der Waals surface area (Å²) >= 11 is 0. The van der Waals surface area contributed by atoms with Crippen molar-refractivity contribution in [3.05, 3.63) is 23.8 Å². The number of benzene rings is 1. The normalized spacial score (nSPS) is 15.9. The predicted octanol–water partition coefficient (Wildman–Crippen LogP) is 3.90. The fourth-order valence-corrected chi connectivity index (χ4v) is 2.26. The maximum atomic E-state index is 5.99. The first-order valence-corrected chi connectivity index (χ1v) is 7.88. The van der Waals surface area contributed by atoms with Crippen LogP contribution in [-0.2, 0) is 6.54 Å². The maximum Gasteiger partial charge on any atom is 0.161 e. The first-order chi connectivity index (χ1) is 9.72. The van der Waals surface area contributed by atoms with Crippen LogP contribution < -0.4 is 14.8 Å². The van der Waals surface area contributed by atoms with Gasteiger partial charge < -0.3 is 14.8 Å². The maximum absolute atomic E-state index is 5.99. The van der Waals surface area contributed by atoms with Crippen molar-refractivity contribution in [2.24, 2.45) is 0 Å². The van der Waals surface area contributed by atoms with Gasteiger partial charge in [-0.1, -0.05) is 19.4 Å². The molecule has 0 spiro atoms. The van der Waals surface area contributed by atoms with Crippen molar-refractivity contribution < 1.29 is 9.47 Å². The van der Waals surface area contributed by atoms with Crippen LogP contribution in [0.15, 0.2) is 18.2 Å². The van der Waals surface area contributed by atoms with Gasteiger partial charge in [0.2, 0.25) is 0 Å². The molecule has 1 aliphatic carbocycles. The highest BCUT2D eigenvalue weighted by Gasteiger charge is 2.20. The van der Waals surface area contributed by atoms with Crippen molar-refractivity contribution in [1.29, 1.82) is 0 Å². The van der Waals surface area contributed by atoms with Gasteiger partial charge in [-0.3, -0.25) is 0 Å². The van der Waals surface area contributed by atoms with Crippen LogP contribution in [0.2, 0.25) is 0 Å². The van der Waals surface area contributed by atoms with Crippen LogP contribution in [0.1, 0.15) is 52.0 Å². The van der Waals surface area contributed by atoms with Crippen molar-refractivity contribution in [3.8, 4) is 11.5 Å². The summed E-state index contributed by atoms with van der Waals surface area (Å²) in [5.74, 6) is 1.73. The van der Waals surface area contributed by atoms with E-state index < -0.39 is 0 Å². The SMILES string of the molecule is CCCC(C)Oc1ccc(CNC2CC2)cc1OCC. The average Bonchev–Trinajstić information content (AvgIpc) is 3.24. The highest BCUT2D eigenvalue weighted by atomic mass is 16.5. The molecule has 20 heavy (non-hydrogen) atoms. The molecule has 3 heteroatoms. The second kappa shape index (κ2) is 7.53. The molecule has 0 heterocycles. The molecule has 1 aromatic rings. The van der Waals surface area contributed by atoms with Gasteiger partial charge in [-0.15, -0.1) is 0 Å². The van der Waals surface area contributed by atoms with Gasteiger partial charge in [-0.05, 0) is 50.8 Å². The highest BCUT2D eigenvalue weighted by Crippen LogP contribution is 2.30. The van der Waals surface area contributed by atoms with Crippen LogP contribution >= 0.6 is 0 Å². The number of hydrogen-bond donors (Lipinski definition) is 1.